The number of hydrogen-bond acceptors (Lipinski definition) is 5. The van der Waals surface area contributed by atoms with Crippen molar-refractivity contribution in [1.82, 2.24) is 10.2 Å². The Hall–Kier alpha value is -2.16. The number of furan rings is 1. The highest BCUT2D eigenvalue weighted by molar-refractivity contribution is 14.1. The van der Waals surface area contributed by atoms with E-state index in [9.17, 15) is 4.79 Å². The molecule has 0 bridgehead atoms. The van der Waals surface area contributed by atoms with Crippen molar-refractivity contribution in [3.05, 3.63) is 45.7 Å². The molecule has 0 saturated carbocycles. The Balaban J connectivity index is 2.13. The first-order valence-electron chi connectivity index (χ1n) is 5.63. The number of primary amides is 1. The van der Waals surface area contributed by atoms with Crippen LogP contribution < -0.4 is 5.73 Å². The van der Waals surface area contributed by atoms with Gasteiger partial charge < -0.3 is 14.6 Å². The summed E-state index contributed by atoms with van der Waals surface area (Å²) in [6.45, 7) is 0. The van der Waals surface area contributed by atoms with Crippen molar-refractivity contribution >= 4 is 28.5 Å². The largest absolute Gasteiger partial charge is 0.459 e. The first kappa shape index (κ1) is 12.9. The van der Waals surface area contributed by atoms with Gasteiger partial charge in [0.15, 0.2) is 5.76 Å². The molecule has 2 heterocycles. The molecule has 0 atom stereocenters. The summed E-state index contributed by atoms with van der Waals surface area (Å²) < 4.78 is 11.5. The van der Waals surface area contributed by atoms with Gasteiger partial charge >= 0.3 is 0 Å². The van der Waals surface area contributed by atoms with Gasteiger partial charge in [-0.1, -0.05) is 6.07 Å². The molecule has 1 amide bonds. The van der Waals surface area contributed by atoms with E-state index in [0.29, 0.717) is 16.9 Å². The molecule has 0 fully saturated rings. The molecule has 3 aromatic rings. The molecule has 7 heteroatoms. The summed E-state index contributed by atoms with van der Waals surface area (Å²) in [4.78, 5) is 11.5. The summed E-state index contributed by atoms with van der Waals surface area (Å²) in [7, 11) is 0. The molecule has 100 valence electrons. The lowest BCUT2D eigenvalue weighted by Crippen LogP contribution is -2.13. The summed E-state index contributed by atoms with van der Waals surface area (Å²) in [6.07, 6.45) is 1.51. The van der Waals surface area contributed by atoms with Crippen LogP contribution in [0.5, 0.6) is 0 Å². The Labute approximate surface area is 127 Å². The molecule has 6 nitrogen and oxygen atoms in total. The van der Waals surface area contributed by atoms with Crippen LogP contribution in [0.2, 0.25) is 0 Å². The Morgan fingerprint density at radius 1 is 1.15 bits per heavy atom. The number of aromatic nitrogens is 2. The molecule has 3 rings (SSSR count). The Kier molecular flexibility index (Phi) is 3.26. The summed E-state index contributed by atoms with van der Waals surface area (Å²) in [5, 5.41) is 7.87. The molecule has 0 unspecified atom stereocenters. The Morgan fingerprint density at radius 3 is 2.65 bits per heavy atom. The maximum absolute atomic E-state index is 11.5. The maximum Gasteiger partial charge on any atom is 0.283 e. The lowest BCUT2D eigenvalue weighted by Gasteiger charge is -2.04. The summed E-state index contributed by atoms with van der Waals surface area (Å²) >= 11 is 2.09. The minimum Gasteiger partial charge on any atom is -0.459 e. The zero-order valence-corrected chi connectivity index (χ0v) is 12.2. The fourth-order valence-electron chi connectivity index (χ4n) is 1.77. The van der Waals surface area contributed by atoms with Crippen molar-refractivity contribution in [2.45, 2.75) is 0 Å². The first-order chi connectivity index (χ1) is 9.66. The molecule has 0 saturated heterocycles. The number of halogens is 1. The zero-order valence-electron chi connectivity index (χ0n) is 10.0. The van der Waals surface area contributed by atoms with Crippen molar-refractivity contribution in [3.8, 4) is 23.1 Å². The number of nitrogens with two attached hydrogens (primary N) is 1. The van der Waals surface area contributed by atoms with Gasteiger partial charge in [-0.05, 0) is 46.9 Å². The smallest absolute Gasteiger partial charge is 0.283 e. The van der Waals surface area contributed by atoms with Gasteiger partial charge in [-0.2, -0.15) is 0 Å². The van der Waals surface area contributed by atoms with Crippen LogP contribution in [0.15, 0.2) is 45.4 Å². The monoisotopic (exact) mass is 381 g/mol. The van der Waals surface area contributed by atoms with Crippen LogP contribution in [-0.2, 0) is 0 Å². The van der Waals surface area contributed by atoms with Crippen LogP contribution in [0.25, 0.3) is 23.1 Å². The SMILES string of the molecule is NC(=O)c1cccc(I)c1-c1nnc(-c2ccco2)o1. The molecule has 1 aromatic carbocycles. The predicted octanol–water partition coefficient (Wildman–Crippen LogP) is 2.70. The maximum atomic E-state index is 11.5. The Bertz CT molecular complexity index is 765. The second-order valence-electron chi connectivity index (χ2n) is 3.92. The number of amides is 1. The van der Waals surface area contributed by atoms with Crippen LogP contribution in [0, 0.1) is 3.57 Å². The fraction of sp³-hybridized carbons (Fsp3) is 0. The van der Waals surface area contributed by atoms with Crippen LogP contribution >= 0.6 is 22.6 Å². The van der Waals surface area contributed by atoms with Gasteiger partial charge in [0.05, 0.1) is 17.4 Å². The van der Waals surface area contributed by atoms with Crippen molar-refractivity contribution in [2.24, 2.45) is 5.73 Å². The molecule has 0 spiro atoms. The molecular weight excluding hydrogens is 373 g/mol. The van der Waals surface area contributed by atoms with Crippen LogP contribution in [0.3, 0.4) is 0 Å². The number of rotatable bonds is 3. The summed E-state index contributed by atoms with van der Waals surface area (Å²) in [5.41, 5.74) is 6.24. The van der Waals surface area contributed by atoms with E-state index in [-0.39, 0.29) is 11.8 Å². The van der Waals surface area contributed by atoms with E-state index >= 15 is 0 Å². The van der Waals surface area contributed by atoms with E-state index in [1.54, 1.807) is 24.3 Å². The van der Waals surface area contributed by atoms with Gasteiger partial charge in [0.2, 0.25) is 11.8 Å². The molecule has 0 aliphatic carbocycles. The number of carbonyl (C=O) groups is 1. The zero-order chi connectivity index (χ0) is 14.1. The highest BCUT2D eigenvalue weighted by Crippen LogP contribution is 2.30. The third kappa shape index (κ3) is 2.20. The summed E-state index contributed by atoms with van der Waals surface area (Å²) in [6, 6.07) is 8.63. The van der Waals surface area contributed by atoms with E-state index < -0.39 is 5.91 Å². The lowest BCUT2D eigenvalue weighted by atomic mass is 10.1. The molecule has 20 heavy (non-hydrogen) atoms. The van der Waals surface area contributed by atoms with Crippen molar-refractivity contribution in [1.29, 1.82) is 0 Å². The second kappa shape index (κ2) is 5.08. The van der Waals surface area contributed by atoms with E-state index in [1.807, 2.05) is 6.07 Å². The summed E-state index contributed by atoms with van der Waals surface area (Å²) in [5.74, 6) is 0.404. The number of carbonyl (C=O) groups excluding carboxylic acids is 1. The predicted molar refractivity (Wildman–Crippen MR) is 78.7 cm³/mol. The lowest BCUT2D eigenvalue weighted by molar-refractivity contribution is 0.100. The average Bonchev–Trinajstić information content (AvgIpc) is 3.09. The topological polar surface area (TPSA) is 95.2 Å². The van der Waals surface area contributed by atoms with E-state index in [2.05, 4.69) is 32.8 Å². The highest BCUT2D eigenvalue weighted by atomic mass is 127. The number of hydrogen-bond donors (Lipinski definition) is 1. The van der Waals surface area contributed by atoms with Gasteiger partial charge in [0, 0.05) is 3.57 Å². The fourth-order valence-corrected chi connectivity index (χ4v) is 2.50. The van der Waals surface area contributed by atoms with E-state index in [0.717, 1.165) is 3.57 Å². The van der Waals surface area contributed by atoms with E-state index in [4.69, 9.17) is 14.6 Å². The molecule has 0 radical (unpaired) electrons. The quantitative estimate of drug-likeness (QED) is 0.704. The normalized spacial score (nSPS) is 10.7. The van der Waals surface area contributed by atoms with Gasteiger partial charge in [-0.25, -0.2) is 0 Å². The van der Waals surface area contributed by atoms with Crippen molar-refractivity contribution < 1.29 is 13.6 Å². The van der Waals surface area contributed by atoms with Gasteiger partial charge in [-0.15, -0.1) is 10.2 Å². The average molecular weight is 381 g/mol. The molecule has 2 N–H and O–H groups in total. The van der Waals surface area contributed by atoms with Crippen LogP contribution in [0.4, 0.5) is 0 Å². The minimum atomic E-state index is -0.545. The molecule has 0 aliphatic rings. The third-order valence-corrected chi connectivity index (χ3v) is 3.55. The van der Waals surface area contributed by atoms with Gasteiger partial charge in [0.1, 0.15) is 0 Å². The van der Waals surface area contributed by atoms with Crippen molar-refractivity contribution in [2.75, 3.05) is 0 Å². The second-order valence-corrected chi connectivity index (χ2v) is 5.08. The van der Waals surface area contributed by atoms with Crippen molar-refractivity contribution in [3.63, 3.8) is 0 Å². The molecular formula is C13H8IN3O3. The first-order valence-corrected chi connectivity index (χ1v) is 6.71. The number of benzene rings is 1. The van der Waals surface area contributed by atoms with Gasteiger partial charge in [-0.3, -0.25) is 4.79 Å². The molecule has 2 aromatic heterocycles. The molecule has 0 aliphatic heterocycles. The minimum absolute atomic E-state index is 0.232. The van der Waals surface area contributed by atoms with E-state index in [1.165, 1.54) is 6.26 Å². The number of nitrogens with zero attached hydrogens (tertiary/aromatic N) is 2. The Morgan fingerprint density at radius 2 is 1.95 bits per heavy atom. The standard InChI is InChI=1S/C13H8IN3O3/c14-8-4-1-3-7(11(15)18)10(8)13-17-16-12(20-13)9-5-2-6-19-9/h1-6H,(H2,15,18). The van der Waals surface area contributed by atoms with Crippen LogP contribution in [0.1, 0.15) is 10.4 Å². The van der Waals surface area contributed by atoms with Crippen LogP contribution in [-0.4, -0.2) is 16.1 Å². The van der Waals surface area contributed by atoms with Gasteiger partial charge in [0.25, 0.3) is 5.89 Å². The third-order valence-electron chi connectivity index (χ3n) is 2.65. The highest BCUT2D eigenvalue weighted by Gasteiger charge is 2.20.